The molecule has 0 unspecified atom stereocenters. The molecule has 2 aromatic rings. The molecule has 0 aliphatic rings. The van der Waals surface area contributed by atoms with E-state index in [0.717, 1.165) is 17.3 Å². The standard InChI is InChI=1S/C13H13ClN2S/c1-10-4-2-3-5-12(10)17-9-13-15-7-6-11(8-14)16-13/h2-7H,8-9H2,1H3. The van der Waals surface area contributed by atoms with E-state index in [1.165, 1.54) is 10.5 Å². The van der Waals surface area contributed by atoms with E-state index in [4.69, 9.17) is 11.6 Å². The van der Waals surface area contributed by atoms with E-state index in [1.807, 2.05) is 18.2 Å². The van der Waals surface area contributed by atoms with Crippen molar-refractivity contribution in [1.82, 2.24) is 9.97 Å². The van der Waals surface area contributed by atoms with Crippen molar-refractivity contribution in [2.75, 3.05) is 0 Å². The molecule has 0 saturated heterocycles. The molecular weight excluding hydrogens is 252 g/mol. The van der Waals surface area contributed by atoms with Crippen molar-refractivity contribution < 1.29 is 0 Å². The van der Waals surface area contributed by atoms with E-state index in [9.17, 15) is 0 Å². The topological polar surface area (TPSA) is 25.8 Å². The van der Waals surface area contributed by atoms with Crippen molar-refractivity contribution in [3.05, 3.63) is 53.6 Å². The highest BCUT2D eigenvalue weighted by atomic mass is 35.5. The van der Waals surface area contributed by atoms with Gasteiger partial charge in [-0.3, -0.25) is 0 Å². The third kappa shape index (κ3) is 3.45. The summed E-state index contributed by atoms with van der Waals surface area (Å²) in [4.78, 5) is 9.88. The third-order valence-corrected chi connectivity index (χ3v) is 3.80. The van der Waals surface area contributed by atoms with Gasteiger partial charge < -0.3 is 0 Å². The van der Waals surface area contributed by atoms with Crippen LogP contribution in [0.3, 0.4) is 0 Å². The van der Waals surface area contributed by atoms with Crippen LogP contribution >= 0.6 is 23.4 Å². The summed E-state index contributed by atoms with van der Waals surface area (Å²) in [6.07, 6.45) is 1.76. The smallest absolute Gasteiger partial charge is 0.138 e. The van der Waals surface area contributed by atoms with Gasteiger partial charge in [0, 0.05) is 11.1 Å². The molecule has 0 radical (unpaired) electrons. The molecule has 0 atom stereocenters. The molecule has 1 aromatic heterocycles. The van der Waals surface area contributed by atoms with Gasteiger partial charge in [-0.25, -0.2) is 9.97 Å². The molecule has 0 fully saturated rings. The van der Waals surface area contributed by atoms with Crippen LogP contribution in [0, 0.1) is 6.92 Å². The van der Waals surface area contributed by atoms with E-state index in [-0.39, 0.29) is 0 Å². The largest absolute Gasteiger partial charge is 0.240 e. The van der Waals surface area contributed by atoms with Gasteiger partial charge in [0.1, 0.15) is 5.82 Å². The Labute approximate surface area is 110 Å². The van der Waals surface area contributed by atoms with Gasteiger partial charge in [-0.2, -0.15) is 0 Å². The predicted molar refractivity (Wildman–Crippen MR) is 72.3 cm³/mol. The quantitative estimate of drug-likeness (QED) is 0.620. The van der Waals surface area contributed by atoms with Crippen LogP contribution in [0.15, 0.2) is 41.4 Å². The molecule has 1 heterocycles. The lowest BCUT2D eigenvalue weighted by Gasteiger charge is -2.04. The van der Waals surface area contributed by atoms with Gasteiger partial charge in [0.2, 0.25) is 0 Å². The van der Waals surface area contributed by atoms with Crippen molar-refractivity contribution in [1.29, 1.82) is 0 Å². The molecule has 0 spiro atoms. The number of hydrogen-bond acceptors (Lipinski definition) is 3. The molecule has 4 heteroatoms. The summed E-state index contributed by atoms with van der Waals surface area (Å²) >= 11 is 7.50. The molecule has 88 valence electrons. The average molecular weight is 265 g/mol. The highest BCUT2D eigenvalue weighted by Gasteiger charge is 2.02. The summed E-state index contributed by atoms with van der Waals surface area (Å²) in [7, 11) is 0. The van der Waals surface area contributed by atoms with Crippen LogP contribution < -0.4 is 0 Å². The van der Waals surface area contributed by atoms with E-state index >= 15 is 0 Å². The second kappa shape index (κ2) is 6.03. The molecule has 0 N–H and O–H groups in total. The fraction of sp³-hybridized carbons (Fsp3) is 0.231. The Morgan fingerprint density at radius 1 is 1.24 bits per heavy atom. The van der Waals surface area contributed by atoms with Crippen LogP contribution in [0.4, 0.5) is 0 Å². The first-order valence-electron chi connectivity index (χ1n) is 5.35. The van der Waals surface area contributed by atoms with Crippen molar-refractivity contribution in [2.24, 2.45) is 0 Å². The molecular formula is C13H13ClN2S. The van der Waals surface area contributed by atoms with Crippen LogP contribution in [-0.4, -0.2) is 9.97 Å². The first kappa shape index (κ1) is 12.4. The Morgan fingerprint density at radius 2 is 2.06 bits per heavy atom. The summed E-state index contributed by atoms with van der Waals surface area (Å²) in [5.74, 6) is 2.04. The van der Waals surface area contributed by atoms with Crippen molar-refractivity contribution in [3.63, 3.8) is 0 Å². The number of halogens is 1. The molecule has 2 nitrogen and oxygen atoms in total. The van der Waals surface area contributed by atoms with Gasteiger partial charge in [0.05, 0.1) is 17.3 Å². The van der Waals surface area contributed by atoms with Crippen LogP contribution in [-0.2, 0) is 11.6 Å². The predicted octanol–water partition coefficient (Wildman–Crippen LogP) is 3.82. The van der Waals surface area contributed by atoms with Gasteiger partial charge in [-0.05, 0) is 24.6 Å². The minimum absolute atomic E-state index is 0.435. The Hall–Kier alpha value is -1.06. The summed E-state index contributed by atoms with van der Waals surface area (Å²) in [5, 5.41) is 0. The Bertz CT molecular complexity index is 502. The number of hydrogen-bond donors (Lipinski definition) is 0. The molecule has 2 rings (SSSR count). The maximum absolute atomic E-state index is 5.74. The molecule has 0 saturated carbocycles. The zero-order valence-electron chi connectivity index (χ0n) is 9.56. The summed E-state index contributed by atoms with van der Waals surface area (Å²) in [6.45, 7) is 2.11. The highest BCUT2D eigenvalue weighted by molar-refractivity contribution is 7.98. The van der Waals surface area contributed by atoms with E-state index in [1.54, 1.807) is 18.0 Å². The van der Waals surface area contributed by atoms with Crippen LogP contribution in [0.25, 0.3) is 0 Å². The van der Waals surface area contributed by atoms with Crippen LogP contribution in [0.2, 0.25) is 0 Å². The van der Waals surface area contributed by atoms with E-state index in [0.29, 0.717) is 5.88 Å². The van der Waals surface area contributed by atoms with E-state index in [2.05, 4.69) is 29.0 Å². The van der Waals surface area contributed by atoms with Crippen molar-refractivity contribution >= 4 is 23.4 Å². The lowest BCUT2D eigenvalue weighted by molar-refractivity contribution is 0.985. The molecule has 0 aliphatic carbocycles. The van der Waals surface area contributed by atoms with Gasteiger partial charge >= 0.3 is 0 Å². The monoisotopic (exact) mass is 264 g/mol. The molecule has 0 bridgehead atoms. The van der Waals surface area contributed by atoms with Gasteiger partial charge in [-0.15, -0.1) is 23.4 Å². The molecule has 17 heavy (non-hydrogen) atoms. The number of nitrogens with zero attached hydrogens (tertiary/aromatic N) is 2. The zero-order valence-corrected chi connectivity index (χ0v) is 11.1. The maximum atomic E-state index is 5.74. The second-order valence-corrected chi connectivity index (χ2v) is 4.94. The number of aromatic nitrogens is 2. The summed E-state index contributed by atoms with van der Waals surface area (Å²) in [5.41, 5.74) is 2.16. The number of rotatable bonds is 4. The number of benzene rings is 1. The summed E-state index contributed by atoms with van der Waals surface area (Å²) < 4.78 is 0. The Kier molecular flexibility index (Phi) is 4.40. The fourth-order valence-electron chi connectivity index (χ4n) is 1.45. The van der Waals surface area contributed by atoms with Gasteiger partial charge in [-0.1, -0.05) is 18.2 Å². The lowest BCUT2D eigenvalue weighted by atomic mass is 10.2. The molecule has 1 aromatic carbocycles. The SMILES string of the molecule is Cc1ccccc1SCc1nccc(CCl)n1. The summed E-state index contributed by atoms with van der Waals surface area (Å²) in [6, 6.07) is 10.2. The second-order valence-electron chi connectivity index (χ2n) is 3.65. The van der Waals surface area contributed by atoms with Crippen molar-refractivity contribution in [3.8, 4) is 0 Å². The van der Waals surface area contributed by atoms with E-state index < -0.39 is 0 Å². The van der Waals surface area contributed by atoms with Gasteiger partial charge in [0.15, 0.2) is 0 Å². The zero-order chi connectivity index (χ0) is 12.1. The minimum atomic E-state index is 0.435. The maximum Gasteiger partial charge on any atom is 0.138 e. The average Bonchev–Trinajstić information content (AvgIpc) is 2.38. The molecule has 0 amide bonds. The van der Waals surface area contributed by atoms with Crippen LogP contribution in [0.5, 0.6) is 0 Å². The first-order valence-corrected chi connectivity index (χ1v) is 6.87. The number of alkyl halides is 1. The fourth-order valence-corrected chi connectivity index (χ4v) is 2.49. The Morgan fingerprint density at radius 3 is 2.82 bits per heavy atom. The third-order valence-electron chi connectivity index (χ3n) is 2.35. The van der Waals surface area contributed by atoms with Crippen molar-refractivity contribution in [2.45, 2.75) is 23.5 Å². The minimum Gasteiger partial charge on any atom is -0.240 e. The first-order chi connectivity index (χ1) is 8.29. The Balaban J connectivity index is 2.05. The number of aryl methyl sites for hydroxylation is 1. The molecule has 0 aliphatic heterocycles. The highest BCUT2D eigenvalue weighted by Crippen LogP contribution is 2.24. The lowest BCUT2D eigenvalue weighted by Crippen LogP contribution is -1.95. The van der Waals surface area contributed by atoms with Crippen LogP contribution in [0.1, 0.15) is 17.1 Å². The number of thioether (sulfide) groups is 1. The van der Waals surface area contributed by atoms with Gasteiger partial charge in [0.25, 0.3) is 0 Å². The normalized spacial score (nSPS) is 10.5.